The zero-order valence-corrected chi connectivity index (χ0v) is 76.7. The van der Waals surface area contributed by atoms with Crippen molar-refractivity contribution in [3.05, 3.63) is 93.0 Å². The number of methoxy groups -OCH3 is 2. The van der Waals surface area contributed by atoms with E-state index in [-0.39, 0.29) is 131 Å². The summed E-state index contributed by atoms with van der Waals surface area (Å²) in [6.07, 6.45) is -14.4. The minimum atomic E-state index is -1.52. The Bertz CT molecular complexity index is 4410. The van der Waals surface area contributed by atoms with Crippen molar-refractivity contribution in [2.45, 2.75) is 152 Å². The number of rotatable bonds is 42. The van der Waals surface area contributed by atoms with Gasteiger partial charge < -0.3 is 175 Å². The average Bonchev–Trinajstić information content (AvgIpc) is 1.64. The van der Waals surface area contributed by atoms with Gasteiger partial charge in [0.05, 0.1) is 144 Å². The van der Waals surface area contributed by atoms with Gasteiger partial charge in [0.2, 0.25) is 19.3 Å². The van der Waals surface area contributed by atoms with E-state index in [0.29, 0.717) is 149 Å². The smallest absolute Gasteiger partial charge is 0.415 e. The Kier molecular flexibility index (Phi) is 39.7. The number of benzene rings is 4. The molecule has 14 rings (SSSR count). The number of ether oxygens (including phenoxy) is 24. The third kappa shape index (κ3) is 26.3. The van der Waals surface area contributed by atoms with Gasteiger partial charge in [-0.25, -0.2) is 9.59 Å². The molecule has 0 saturated carbocycles. The Morgan fingerprint density at radius 1 is 0.530 bits per heavy atom. The van der Waals surface area contributed by atoms with Crippen LogP contribution in [0.5, 0.6) is 46.0 Å². The lowest BCUT2D eigenvalue weighted by Gasteiger charge is -2.47. The predicted octanol–water partition coefficient (Wildman–Crippen LogP) is 1.97. The molecule has 0 bridgehead atoms. The van der Waals surface area contributed by atoms with Gasteiger partial charge in [-0.15, -0.1) is 9.24 Å². The van der Waals surface area contributed by atoms with Crippen LogP contribution in [0.3, 0.4) is 0 Å². The van der Waals surface area contributed by atoms with Crippen molar-refractivity contribution < 1.29 is 179 Å². The Morgan fingerprint density at radius 3 is 1.38 bits per heavy atom. The monoisotopic (exact) mass is 1890 g/mol. The van der Waals surface area contributed by atoms with Crippen LogP contribution in [0.4, 0.5) is 9.59 Å². The van der Waals surface area contributed by atoms with E-state index in [0.717, 1.165) is 6.42 Å². The van der Waals surface area contributed by atoms with Crippen molar-refractivity contribution in [3.63, 3.8) is 0 Å². The molecule has 132 heavy (non-hydrogen) atoms. The van der Waals surface area contributed by atoms with Gasteiger partial charge in [0.15, 0.2) is 71.2 Å². The first kappa shape index (κ1) is 103. The second-order valence-electron chi connectivity index (χ2n) is 32.4. The van der Waals surface area contributed by atoms with Gasteiger partial charge in [-0.3, -0.25) is 19.2 Å². The fourth-order valence-corrected chi connectivity index (χ4v) is 16.9. The van der Waals surface area contributed by atoms with Crippen molar-refractivity contribution >= 4 is 50.7 Å². The second-order valence-corrected chi connectivity index (χ2v) is 32.4. The fraction of sp³-hybridized carbons (Fsp3) is 0.652. The van der Waals surface area contributed by atoms with Crippen LogP contribution in [0.25, 0.3) is 0 Å². The first-order chi connectivity index (χ1) is 64.2. The summed E-state index contributed by atoms with van der Waals surface area (Å²) in [5, 5.41) is 71.7. The lowest BCUT2D eigenvalue weighted by atomic mass is 9.66. The minimum Gasteiger partial charge on any atom is -0.493 e. The molecule has 10 aliphatic rings. The van der Waals surface area contributed by atoms with Crippen LogP contribution in [0.15, 0.2) is 48.5 Å². The summed E-state index contributed by atoms with van der Waals surface area (Å²) in [5.74, 6) is -2.94. The summed E-state index contributed by atoms with van der Waals surface area (Å²) < 4.78 is 143. The molecule has 13 unspecified atom stereocenters. The van der Waals surface area contributed by atoms with Gasteiger partial charge >= 0.3 is 24.1 Å². The Morgan fingerprint density at radius 2 is 0.947 bits per heavy atom. The van der Waals surface area contributed by atoms with Crippen LogP contribution in [0.1, 0.15) is 110 Å². The normalized spacial score (nSPS) is 27.2. The number of nitrogens with zero attached hydrogens (tertiary/aromatic N) is 2. The number of carbonyl (C=O) groups excluding carboxylic acids is 7. The van der Waals surface area contributed by atoms with Gasteiger partial charge in [-0.05, 0) is 123 Å². The lowest BCUT2D eigenvalue weighted by Crippen LogP contribution is -2.63. The molecule has 0 spiro atoms. The van der Waals surface area contributed by atoms with Gasteiger partial charge in [0.1, 0.15) is 73.6 Å². The van der Waals surface area contributed by atoms with Gasteiger partial charge in [0.25, 0.3) is 0 Å². The summed E-state index contributed by atoms with van der Waals surface area (Å²) in [6.45, 7) is 12.0. The molecule has 43 heteroatoms. The maximum absolute atomic E-state index is 13.8. The summed E-state index contributed by atoms with van der Waals surface area (Å²) >= 11 is 0. The number of nitrogens with two attached hydrogens (primary N) is 1. The van der Waals surface area contributed by atoms with Crippen LogP contribution in [-0.2, 0) is 113 Å². The van der Waals surface area contributed by atoms with Crippen molar-refractivity contribution in [1.82, 2.24) is 20.4 Å². The molecule has 10 N–H and O–H groups in total. The topological polar surface area (TPSA) is 519 Å². The molecular weight excluding hydrogens is 1760 g/mol. The quantitative estimate of drug-likeness (QED) is 0.0174. The average molecular weight is 1890 g/mol. The number of aliphatic hydroxyl groups excluding tert-OH is 6. The predicted molar refractivity (Wildman–Crippen MR) is 461 cm³/mol. The molecule has 0 aromatic heterocycles. The number of esters is 2. The number of hydrogen-bond acceptors (Lipinski definition) is 40. The van der Waals surface area contributed by atoms with E-state index in [1.807, 2.05) is 0 Å². The Balaban J connectivity index is 0.000000216. The molecule has 734 valence electrons. The molecule has 2 aliphatic carbocycles. The molecule has 21 atom stereocenters. The SMILES string of the molecule is CC(=O)CCCOCCOCCOCC(C)=O.CC1OCC2OC(O[C@@H]3c4cc5c(cc4[C@@H](c4cc(CO)c(OC(=O)N(C)CCNCC(=O)COCCOCCOCCN)c(CO)c4)[C@H]4C(=O)OC[C@@H]43)OCO5)C(O)C(O)C2O1.CNCCN(C)C(=O)Oc1c(OC)cc([C@H]2c3cc4c(cc3[C@H](OC3OC5COC(C)OC5C(O)C3O)[C@@H]3COC(=O)[C@@H]23)OCO4)cc1OC.[2H]CP. The Labute approximate surface area is 768 Å². The summed E-state index contributed by atoms with van der Waals surface area (Å²) in [7, 11) is 10.0. The number of ketones is 3. The minimum absolute atomic E-state index is 0.00588. The fourth-order valence-electron chi connectivity index (χ4n) is 16.9. The number of fused-ring (bicyclic) bond motifs is 8. The first-order valence-corrected chi connectivity index (χ1v) is 44.6. The zero-order chi connectivity index (χ0) is 95.5. The van der Waals surface area contributed by atoms with Crippen LogP contribution in [-0.4, -0.2) is 356 Å². The van der Waals surface area contributed by atoms with Gasteiger partial charge in [-0.2, -0.15) is 0 Å². The maximum Gasteiger partial charge on any atom is 0.415 e. The van der Waals surface area contributed by atoms with Crippen LogP contribution in [0.2, 0.25) is 0 Å². The lowest BCUT2D eigenvalue weighted by molar-refractivity contribution is -0.364. The number of nitrogens with one attached hydrogen (secondary N) is 2. The van der Waals surface area contributed by atoms with Crippen molar-refractivity contribution in [1.29, 1.82) is 0 Å². The highest BCUT2D eigenvalue weighted by Gasteiger charge is 2.59. The van der Waals surface area contributed by atoms with Crippen LogP contribution in [0, 0.1) is 23.7 Å². The van der Waals surface area contributed by atoms with Crippen molar-refractivity contribution in [3.8, 4) is 46.0 Å². The molecule has 6 fully saturated rings. The van der Waals surface area contributed by atoms with E-state index in [4.69, 9.17) is 121 Å². The highest BCUT2D eigenvalue weighted by atomic mass is 31.0. The molecule has 8 aliphatic heterocycles. The van der Waals surface area contributed by atoms with Gasteiger partial charge in [-0.1, -0.05) is 6.64 Å². The van der Waals surface area contributed by atoms with E-state index in [9.17, 15) is 64.2 Å². The third-order valence-electron chi connectivity index (χ3n) is 23.4. The van der Waals surface area contributed by atoms with E-state index < -0.39 is 159 Å². The molecular formula is C89H126N5O37P. The molecule has 4 aromatic carbocycles. The van der Waals surface area contributed by atoms with Crippen LogP contribution >= 0.6 is 9.24 Å². The highest BCUT2D eigenvalue weighted by Crippen LogP contribution is 2.59. The standard InChI is InChI=1S/C42H57N3O18.C34H42N2O14.C12H22O5.CH5P/c1-22-56-20-32-39(60-22)35(49)36(50)41(61-32)62-38-28-14-31-30(58-21-59-31)13-27(28)33(34-29(38)19-57-40(34)51)23-11-24(16-46)37(25(12-23)17-47)63-42(52)45(2)5-4-44-15-26(48)18-55-10-9-54-8-7-53-6-3-43;1-15-43-13-24-31(47-15)27(37)28(38)33(48-24)49-29-18-11-21-20(45-14-46-21)10-17(18)25(26-19(29)12-44-32(26)39)16-8-22(41-4)30(23(9-16)42-5)50-34(40)36(3)7-6-35-2;1-11(13)4-3-5-15-6-7-16-8-9-17-10-12(2)14;1-2/h11-14,22,29,32-36,38-39,41,44,46-47,49-50H,3-10,15-21,43H2,1-2H3;8-11,15,19,24-29,31,33,35,37-38H,6-7,12-14H2,1-5H3;3-10H2,1-2H3;2H2,1H3/t22?,29-,32?,33+,34-,35?,36?,38+,39?,41?;15?,19-,24?,25+,26-,27?,28?,29+,31?,33?;;/m01../s1/i;;;1D. The van der Waals surface area contributed by atoms with E-state index in [2.05, 4.69) is 19.9 Å². The summed E-state index contributed by atoms with van der Waals surface area (Å²) in [4.78, 5) is 89.7. The molecule has 4 aromatic rings. The molecule has 0 radical (unpaired) electrons. The van der Waals surface area contributed by atoms with E-state index in [1.54, 1.807) is 83.4 Å². The number of likely N-dealkylation sites (N-methyl/N-ethyl adjacent to an activating group) is 3. The molecule has 6 saturated heterocycles. The van der Waals surface area contributed by atoms with Gasteiger partial charge in [0, 0.05) is 96.0 Å². The third-order valence-corrected chi connectivity index (χ3v) is 23.4. The zero-order valence-electron chi connectivity index (χ0n) is 76.6. The summed E-state index contributed by atoms with van der Waals surface area (Å²) in [5.41, 5.74) is 9.29. The number of cyclic esters (lactones) is 2. The van der Waals surface area contributed by atoms with Crippen molar-refractivity contribution in [2.75, 3.05) is 201 Å². The highest BCUT2D eigenvalue weighted by molar-refractivity contribution is 7.15. The second kappa shape index (κ2) is 51.0. The number of Topliss-reactive ketones (excluding diaryl/α,β-unsaturated/α-hetero) is 3. The largest absolute Gasteiger partial charge is 0.493 e. The van der Waals surface area contributed by atoms with E-state index >= 15 is 0 Å². The number of hydrogen-bond donors (Lipinski definition) is 9. The Hall–Kier alpha value is -8.32. The number of amides is 2. The molecule has 8 heterocycles. The van der Waals surface area contributed by atoms with Crippen molar-refractivity contribution in [2.24, 2.45) is 29.4 Å². The number of carbonyl (C=O) groups is 7. The maximum atomic E-state index is 13.8. The summed E-state index contributed by atoms with van der Waals surface area (Å²) in [6, 6.07) is 13.7. The van der Waals surface area contributed by atoms with E-state index in [1.165, 1.54) is 38.0 Å². The molecule has 2 amide bonds. The molecule has 42 nitrogen and oxygen atoms in total. The number of aliphatic hydroxyl groups is 6. The first-order valence-electron chi connectivity index (χ1n) is 44.5. The van der Waals surface area contributed by atoms with Crippen LogP contribution < -0.4 is 54.3 Å².